The van der Waals surface area contributed by atoms with Crippen LogP contribution in [0.15, 0.2) is 48.5 Å². The van der Waals surface area contributed by atoms with Crippen LogP contribution in [0.25, 0.3) is 0 Å². The van der Waals surface area contributed by atoms with Gasteiger partial charge in [-0.05, 0) is 62.8 Å². The lowest BCUT2D eigenvalue weighted by Gasteiger charge is -2.36. The molecule has 3 amide bonds. The number of hydrogen-bond donors (Lipinski definition) is 3. The number of aliphatic hydroxyl groups excluding tert-OH is 1. The van der Waals surface area contributed by atoms with Crippen molar-refractivity contribution in [2.45, 2.75) is 79.1 Å². The summed E-state index contributed by atoms with van der Waals surface area (Å²) in [7, 11) is 0. The van der Waals surface area contributed by atoms with Crippen LogP contribution in [0, 0.1) is 19.8 Å². The minimum atomic E-state index is -1.01. The molecule has 0 aromatic heterocycles. The van der Waals surface area contributed by atoms with E-state index in [0.717, 1.165) is 16.7 Å². The van der Waals surface area contributed by atoms with Crippen molar-refractivity contribution in [3.05, 3.63) is 70.8 Å². The van der Waals surface area contributed by atoms with Gasteiger partial charge in [-0.2, -0.15) is 0 Å². The molecule has 0 saturated heterocycles. The number of aryl methyl sites for hydroxylation is 2. The Morgan fingerprint density at radius 3 is 2.24 bits per heavy atom. The summed E-state index contributed by atoms with van der Waals surface area (Å²) in [6.07, 6.45) is -0.107. The molecule has 0 bridgehead atoms. The highest BCUT2D eigenvalue weighted by Crippen LogP contribution is 2.26. The van der Waals surface area contributed by atoms with E-state index in [1.54, 1.807) is 20.8 Å². The number of amides is 3. The molecule has 38 heavy (non-hydrogen) atoms. The van der Waals surface area contributed by atoms with Crippen LogP contribution in [0.1, 0.15) is 69.3 Å². The predicted molar refractivity (Wildman–Crippen MR) is 148 cm³/mol. The summed E-state index contributed by atoms with van der Waals surface area (Å²) < 4.78 is 5.41. The molecule has 3 atom stereocenters. The van der Waals surface area contributed by atoms with Crippen LogP contribution in [0.2, 0.25) is 0 Å². The van der Waals surface area contributed by atoms with Gasteiger partial charge in [0.05, 0.1) is 6.61 Å². The Labute approximate surface area is 226 Å². The van der Waals surface area contributed by atoms with Crippen molar-refractivity contribution in [1.29, 1.82) is 0 Å². The SMILES string of the molecule is CCC(C)C(NC(=O)OC(C)(C)C)C(=O)N(CCO)C(C(=O)NCc1ccccc1)c1ccc(C)c(C)c1. The number of carbonyl (C=O) groups excluding carboxylic acids is 3. The number of carbonyl (C=O) groups is 3. The third-order valence-electron chi connectivity index (χ3n) is 6.49. The molecule has 208 valence electrons. The smallest absolute Gasteiger partial charge is 0.408 e. The third-order valence-corrected chi connectivity index (χ3v) is 6.49. The second-order valence-electron chi connectivity index (χ2n) is 10.7. The van der Waals surface area contributed by atoms with E-state index in [1.165, 1.54) is 4.90 Å². The average molecular weight is 526 g/mol. The van der Waals surface area contributed by atoms with Gasteiger partial charge in [-0.1, -0.05) is 68.8 Å². The normalized spacial score (nSPS) is 13.7. The maximum absolute atomic E-state index is 14.0. The maximum atomic E-state index is 14.0. The predicted octanol–water partition coefficient (Wildman–Crippen LogP) is 4.42. The van der Waals surface area contributed by atoms with Gasteiger partial charge in [0.15, 0.2) is 0 Å². The topological polar surface area (TPSA) is 108 Å². The third kappa shape index (κ3) is 8.87. The fourth-order valence-corrected chi connectivity index (χ4v) is 4.06. The highest BCUT2D eigenvalue weighted by molar-refractivity contribution is 5.92. The Bertz CT molecular complexity index is 1080. The molecule has 2 aromatic carbocycles. The molecule has 0 aliphatic carbocycles. The largest absolute Gasteiger partial charge is 0.444 e. The van der Waals surface area contributed by atoms with Crippen molar-refractivity contribution in [2.75, 3.05) is 13.2 Å². The summed E-state index contributed by atoms with van der Waals surface area (Å²) in [6.45, 7) is 12.8. The van der Waals surface area contributed by atoms with Crippen molar-refractivity contribution in [3.63, 3.8) is 0 Å². The summed E-state index contributed by atoms with van der Waals surface area (Å²) in [5.74, 6) is -1.08. The molecular weight excluding hydrogens is 482 g/mol. The van der Waals surface area contributed by atoms with Crippen molar-refractivity contribution < 1.29 is 24.2 Å². The Balaban J connectivity index is 2.48. The number of rotatable bonds is 11. The highest BCUT2D eigenvalue weighted by Gasteiger charge is 2.38. The number of aliphatic hydroxyl groups is 1. The van der Waals surface area contributed by atoms with Gasteiger partial charge in [-0.15, -0.1) is 0 Å². The van der Waals surface area contributed by atoms with Gasteiger partial charge < -0.3 is 25.4 Å². The minimum Gasteiger partial charge on any atom is -0.444 e. The van der Waals surface area contributed by atoms with Crippen LogP contribution in [-0.4, -0.2) is 52.7 Å². The van der Waals surface area contributed by atoms with E-state index in [2.05, 4.69) is 10.6 Å². The molecule has 2 aromatic rings. The summed E-state index contributed by atoms with van der Waals surface area (Å²) in [4.78, 5) is 41.8. The first kappa shape index (κ1) is 30.8. The Kier molecular flexibility index (Phi) is 11.3. The standard InChI is InChI=1S/C30H43N3O5/c1-8-20(2)25(32-29(37)38-30(5,6)7)28(36)33(16-17-34)26(24-15-14-21(3)22(4)18-24)27(35)31-19-23-12-10-9-11-13-23/h9-15,18,20,25-26,34H,8,16-17,19H2,1-7H3,(H,31,35)(H,32,37). The van der Waals surface area contributed by atoms with Crippen LogP contribution in [0.5, 0.6) is 0 Å². The van der Waals surface area contributed by atoms with Gasteiger partial charge in [0.1, 0.15) is 17.7 Å². The van der Waals surface area contributed by atoms with Gasteiger partial charge >= 0.3 is 6.09 Å². The molecule has 8 heteroatoms. The second kappa shape index (κ2) is 14.0. The zero-order chi connectivity index (χ0) is 28.5. The van der Waals surface area contributed by atoms with Gasteiger partial charge in [0.2, 0.25) is 11.8 Å². The number of alkyl carbamates (subject to hydrolysis) is 1. The molecule has 3 N–H and O–H groups in total. The van der Waals surface area contributed by atoms with Gasteiger partial charge in [0.25, 0.3) is 0 Å². The number of ether oxygens (including phenoxy) is 1. The van der Waals surface area contributed by atoms with Crippen LogP contribution in [0.3, 0.4) is 0 Å². The Morgan fingerprint density at radius 2 is 1.68 bits per heavy atom. The lowest BCUT2D eigenvalue weighted by atomic mass is 9.94. The zero-order valence-electron chi connectivity index (χ0n) is 23.7. The number of benzene rings is 2. The molecule has 0 spiro atoms. The monoisotopic (exact) mass is 525 g/mol. The van der Waals surface area contributed by atoms with Crippen molar-refractivity contribution >= 4 is 17.9 Å². The number of hydrogen-bond acceptors (Lipinski definition) is 5. The summed E-state index contributed by atoms with van der Waals surface area (Å²) >= 11 is 0. The van der Waals surface area contributed by atoms with Crippen molar-refractivity contribution in [1.82, 2.24) is 15.5 Å². The first-order chi connectivity index (χ1) is 17.9. The van der Waals surface area contributed by atoms with E-state index in [-0.39, 0.29) is 31.5 Å². The number of nitrogens with zero attached hydrogens (tertiary/aromatic N) is 1. The fourth-order valence-electron chi connectivity index (χ4n) is 4.06. The van der Waals surface area contributed by atoms with Crippen LogP contribution in [0.4, 0.5) is 4.79 Å². The van der Waals surface area contributed by atoms with E-state index >= 15 is 0 Å². The molecule has 0 fully saturated rings. The molecule has 0 saturated carbocycles. The lowest BCUT2D eigenvalue weighted by molar-refractivity contribution is -0.144. The molecule has 8 nitrogen and oxygen atoms in total. The summed E-state index contributed by atoms with van der Waals surface area (Å²) in [5.41, 5.74) is 2.84. The van der Waals surface area contributed by atoms with Gasteiger partial charge in [-0.25, -0.2) is 4.79 Å². The van der Waals surface area contributed by atoms with E-state index < -0.39 is 29.7 Å². The molecular formula is C30H43N3O5. The Morgan fingerprint density at radius 1 is 1.03 bits per heavy atom. The average Bonchev–Trinajstić information content (AvgIpc) is 2.86. The first-order valence-electron chi connectivity index (χ1n) is 13.2. The quantitative estimate of drug-likeness (QED) is 0.403. The van der Waals surface area contributed by atoms with Gasteiger partial charge in [-0.3, -0.25) is 9.59 Å². The van der Waals surface area contributed by atoms with Crippen LogP contribution < -0.4 is 10.6 Å². The molecule has 0 radical (unpaired) electrons. The van der Waals surface area contributed by atoms with E-state index in [0.29, 0.717) is 12.0 Å². The molecule has 0 heterocycles. The zero-order valence-corrected chi connectivity index (χ0v) is 23.7. The fraction of sp³-hybridized carbons (Fsp3) is 0.500. The molecule has 3 unspecified atom stereocenters. The van der Waals surface area contributed by atoms with E-state index in [9.17, 15) is 19.5 Å². The second-order valence-corrected chi connectivity index (χ2v) is 10.7. The van der Waals surface area contributed by atoms with E-state index in [1.807, 2.05) is 76.2 Å². The molecule has 2 rings (SSSR count). The van der Waals surface area contributed by atoms with Crippen molar-refractivity contribution in [2.24, 2.45) is 5.92 Å². The maximum Gasteiger partial charge on any atom is 0.408 e. The van der Waals surface area contributed by atoms with Crippen LogP contribution in [-0.2, 0) is 20.9 Å². The minimum absolute atomic E-state index is 0.0852. The molecule has 0 aliphatic rings. The number of nitrogens with one attached hydrogen (secondary N) is 2. The summed E-state index contributed by atoms with van der Waals surface area (Å²) in [6, 6.07) is 13.2. The Hall–Kier alpha value is -3.39. The highest BCUT2D eigenvalue weighted by atomic mass is 16.6. The van der Waals surface area contributed by atoms with Crippen molar-refractivity contribution in [3.8, 4) is 0 Å². The van der Waals surface area contributed by atoms with E-state index in [4.69, 9.17) is 4.74 Å². The summed E-state index contributed by atoms with van der Waals surface area (Å²) in [5, 5.41) is 15.6. The first-order valence-corrected chi connectivity index (χ1v) is 13.2. The lowest BCUT2D eigenvalue weighted by Crippen LogP contribution is -2.55. The molecule has 0 aliphatic heterocycles. The van der Waals surface area contributed by atoms with Gasteiger partial charge in [0, 0.05) is 13.1 Å². The van der Waals surface area contributed by atoms with Crippen LogP contribution >= 0.6 is 0 Å².